The molecule has 0 radical (unpaired) electrons. The number of hydrogen-bond acceptors (Lipinski definition) is 4. The summed E-state index contributed by atoms with van der Waals surface area (Å²) in [4.78, 5) is 20.9. The summed E-state index contributed by atoms with van der Waals surface area (Å²) >= 11 is 0. The van der Waals surface area contributed by atoms with E-state index in [2.05, 4.69) is 0 Å². The molecule has 0 atom stereocenters. The van der Waals surface area contributed by atoms with Gasteiger partial charge in [0.2, 0.25) is 0 Å². The molecule has 0 amide bonds. The number of esters is 1. The fourth-order valence-corrected chi connectivity index (χ4v) is 0.635. The molecule has 0 aromatic heterocycles. The monoisotopic (exact) mass is 185 g/mol. The van der Waals surface area contributed by atoms with E-state index in [4.69, 9.17) is 4.74 Å². The molecule has 0 N–H and O–H groups in total. The quantitative estimate of drug-likeness (QED) is 0.459. The average Bonchev–Trinajstić information content (AvgIpc) is 1.81. The van der Waals surface area contributed by atoms with Gasteiger partial charge in [-0.1, -0.05) is 6.08 Å². The first kappa shape index (κ1) is 11.7. The minimum absolute atomic E-state index is 0.0503. The van der Waals surface area contributed by atoms with Crippen molar-refractivity contribution in [1.82, 2.24) is 0 Å². The van der Waals surface area contributed by atoms with Gasteiger partial charge in [-0.3, -0.25) is 4.79 Å². The summed E-state index contributed by atoms with van der Waals surface area (Å²) < 4.78 is 4.92. The second-order valence-electron chi connectivity index (χ2n) is 3.51. The van der Waals surface area contributed by atoms with Crippen molar-refractivity contribution in [2.24, 2.45) is 0 Å². The predicted molar refractivity (Wildman–Crippen MR) is 44.6 cm³/mol. The van der Waals surface area contributed by atoms with Gasteiger partial charge < -0.3 is 14.6 Å². The summed E-state index contributed by atoms with van der Waals surface area (Å²) in [5.74, 6) is -1.77. The van der Waals surface area contributed by atoms with Crippen LogP contribution >= 0.6 is 0 Å². The second kappa shape index (κ2) is 4.64. The van der Waals surface area contributed by atoms with Crippen LogP contribution < -0.4 is 5.11 Å². The van der Waals surface area contributed by atoms with Gasteiger partial charge in [0.15, 0.2) is 0 Å². The van der Waals surface area contributed by atoms with E-state index in [-0.39, 0.29) is 6.42 Å². The SMILES string of the molecule is CC(C)(C)OC(=O)C/C=C/C(=O)[O-]. The van der Waals surface area contributed by atoms with Crippen LogP contribution in [-0.4, -0.2) is 17.5 Å². The van der Waals surface area contributed by atoms with E-state index in [1.807, 2.05) is 0 Å². The maximum absolute atomic E-state index is 11.0. The van der Waals surface area contributed by atoms with E-state index < -0.39 is 17.5 Å². The lowest BCUT2D eigenvalue weighted by atomic mass is 10.2. The molecule has 13 heavy (non-hydrogen) atoms. The minimum Gasteiger partial charge on any atom is -0.545 e. The van der Waals surface area contributed by atoms with Crippen LogP contribution in [0, 0.1) is 0 Å². The first-order chi connectivity index (χ1) is 5.81. The fraction of sp³-hybridized carbons (Fsp3) is 0.556. The summed E-state index contributed by atoms with van der Waals surface area (Å²) in [7, 11) is 0. The molecule has 0 unspecified atom stereocenters. The Balaban J connectivity index is 3.83. The Morgan fingerprint density at radius 3 is 2.31 bits per heavy atom. The van der Waals surface area contributed by atoms with Crippen molar-refractivity contribution < 1.29 is 19.4 Å². The van der Waals surface area contributed by atoms with E-state index in [1.54, 1.807) is 20.8 Å². The number of rotatable bonds is 3. The molecular weight excluding hydrogens is 172 g/mol. The van der Waals surface area contributed by atoms with E-state index in [0.29, 0.717) is 0 Å². The van der Waals surface area contributed by atoms with Gasteiger partial charge in [-0.05, 0) is 26.8 Å². The van der Waals surface area contributed by atoms with Crippen molar-refractivity contribution in [2.75, 3.05) is 0 Å². The smallest absolute Gasteiger partial charge is 0.310 e. The Labute approximate surface area is 77.2 Å². The number of hydrogen-bond donors (Lipinski definition) is 0. The van der Waals surface area contributed by atoms with E-state index in [9.17, 15) is 14.7 Å². The summed E-state index contributed by atoms with van der Waals surface area (Å²) in [5.41, 5.74) is -0.535. The number of carbonyl (C=O) groups excluding carboxylic acids is 2. The zero-order chi connectivity index (χ0) is 10.5. The van der Waals surface area contributed by atoms with Crippen molar-refractivity contribution in [3.05, 3.63) is 12.2 Å². The summed E-state index contributed by atoms with van der Waals surface area (Å²) in [6, 6.07) is 0. The van der Waals surface area contributed by atoms with Crippen molar-refractivity contribution in [3.8, 4) is 0 Å². The standard InChI is InChI=1S/C9H14O4/c1-9(2,3)13-8(12)6-4-5-7(10)11/h4-5H,6H2,1-3H3,(H,10,11)/p-1/b5-4+. The number of carboxylic acids is 1. The van der Waals surface area contributed by atoms with Gasteiger partial charge in [0.05, 0.1) is 12.4 Å². The molecule has 0 fully saturated rings. The Hall–Kier alpha value is -1.32. The lowest BCUT2D eigenvalue weighted by Crippen LogP contribution is -2.23. The molecule has 4 heteroatoms. The average molecular weight is 185 g/mol. The molecule has 0 saturated heterocycles. The lowest BCUT2D eigenvalue weighted by Gasteiger charge is -2.18. The molecule has 0 bridgehead atoms. The van der Waals surface area contributed by atoms with Gasteiger partial charge in [0.1, 0.15) is 5.60 Å². The summed E-state index contributed by atoms with van der Waals surface area (Å²) in [6.45, 7) is 5.23. The largest absolute Gasteiger partial charge is 0.545 e. The molecule has 74 valence electrons. The molecule has 0 aromatic carbocycles. The van der Waals surface area contributed by atoms with Crippen LogP contribution in [0.1, 0.15) is 27.2 Å². The number of aliphatic carboxylic acids is 1. The normalized spacial score (nSPS) is 11.6. The molecule has 0 heterocycles. The van der Waals surface area contributed by atoms with Gasteiger partial charge in [0.25, 0.3) is 0 Å². The number of carbonyl (C=O) groups is 2. The van der Waals surface area contributed by atoms with E-state index in [1.165, 1.54) is 6.08 Å². The van der Waals surface area contributed by atoms with Crippen LogP contribution in [0.2, 0.25) is 0 Å². The van der Waals surface area contributed by atoms with Crippen molar-refractivity contribution >= 4 is 11.9 Å². The van der Waals surface area contributed by atoms with Crippen LogP contribution in [-0.2, 0) is 14.3 Å². The van der Waals surface area contributed by atoms with Gasteiger partial charge >= 0.3 is 5.97 Å². The summed E-state index contributed by atoms with van der Waals surface area (Å²) in [5, 5.41) is 9.92. The highest BCUT2D eigenvalue weighted by molar-refractivity contribution is 5.79. The molecule has 4 nitrogen and oxygen atoms in total. The highest BCUT2D eigenvalue weighted by Crippen LogP contribution is 2.08. The summed E-state index contributed by atoms with van der Waals surface area (Å²) in [6.07, 6.45) is 1.96. The van der Waals surface area contributed by atoms with Gasteiger partial charge in [0, 0.05) is 0 Å². The van der Waals surface area contributed by atoms with Crippen molar-refractivity contribution in [2.45, 2.75) is 32.8 Å². The zero-order valence-electron chi connectivity index (χ0n) is 7.99. The Bertz CT molecular complexity index is 222. The third kappa shape index (κ3) is 8.59. The predicted octanol–water partition coefficient (Wildman–Crippen LogP) is 0.0243. The molecule has 0 aliphatic rings. The number of ether oxygens (including phenoxy) is 1. The maximum atomic E-state index is 11.0. The molecule has 0 aliphatic heterocycles. The van der Waals surface area contributed by atoms with Gasteiger partial charge in [-0.2, -0.15) is 0 Å². The first-order valence-electron chi connectivity index (χ1n) is 3.90. The van der Waals surface area contributed by atoms with Crippen LogP contribution in [0.15, 0.2) is 12.2 Å². The molecule has 0 spiro atoms. The Morgan fingerprint density at radius 2 is 1.92 bits per heavy atom. The third-order valence-electron chi connectivity index (χ3n) is 0.958. The lowest BCUT2D eigenvalue weighted by molar-refractivity contribution is -0.297. The Kier molecular flexibility index (Phi) is 4.17. The number of carboxylic acid groups (broad SMARTS) is 1. The zero-order valence-corrected chi connectivity index (χ0v) is 7.99. The minimum atomic E-state index is -1.32. The van der Waals surface area contributed by atoms with Crippen LogP contribution in [0.4, 0.5) is 0 Å². The maximum Gasteiger partial charge on any atom is 0.310 e. The van der Waals surface area contributed by atoms with Crippen LogP contribution in [0.5, 0.6) is 0 Å². The molecule has 0 rings (SSSR count). The van der Waals surface area contributed by atoms with Crippen molar-refractivity contribution in [3.63, 3.8) is 0 Å². The topological polar surface area (TPSA) is 66.4 Å². The molecule has 0 saturated carbocycles. The molecular formula is C9H13O4-. The highest BCUT2D eigenvalue weighted by Gasteiger charge is 2.14. The van der Waals surface area contributed by atoms with Crippen LogP contribution in [0.25, 0.3) is 0 Å². The van der Waals surface area contributed by atoms with Gasteiger partial charge in [-0.15, -0.1) is 0 Å². The second-order valence-corrected chi connectivity index (χ2v) is 3.51. The first-order valence-corrected chi connectivity index (χ1v) is 3.90. The fourth-order valence-electron chi connectivity index (χ4n) is 0.635. The van der Waals surface area contributed by atoms with Crippen LogP contribution in [0.3, 0.4) is 0 Å². The molecule has 0 aliphatic carbocycles. The molecule has 0 aromatic rings. The van der Waals surface area contributed by atoms with E-state index in [0.717, 1.165) is 6.08 Å². The Morgan fingerprint density at radius 1 is 1.38 bits per heavy atom. The van der Waals surface area contributed by atoms with E-state index >= 15 is 0 Å². The highest BCUT2D eigenvalue weighted by atomic mass is 16.6. The van der Waals surface area contributed by atoms with Crippen molar-refractivity contribution in [1.29, 1.82) is 0 Å². The third-order valence-corrected chi connectivity index (χ3v) is 0.958. The van der Waals surface area contributed by atoms with Gasteiger partial charge in [-0.25, -0.2) is 0 Å².